The molecule has 1 aromatic carbocycles. The van der Waals surface area contributed by atoms with Crippen molar-refractivity contribution in [3.8, 4) is 0 Å². The Morgan fingerprint density at radius 1 is 1.24 bits per heavy atom. The first-order valence-corrected chi connectivity index (χ1v) is 6.80. The van der Waals surface area contributed by atoms with Gasteiger partial charge in [-0.1, -0.05) is 0 Å². The summed E-state index contributed by atoms with van der Waals surface area (Å²) in [5, 5.41) is 5.40. The number of hydrogen-bond donors (Lipinski definition) is 2. The first-order valence-electron chi connectivity index (χ1n) is 6.80. The van der Waals surface area contributed by atoms with Gasteiger partial charge in [-0.05, 0) is 38.1 Å². The van der Waals surface area contributed by atoms with Gasteiger partial charge in [-0.15, -0.1) is 0 Å². The number of rotatable bonds is 2. The van der Waals surface area contributed by atoms with Gasteiger partial charge in [-0.25, -0.2) is 0 Å². The van der Waals surface area contributed by atoms with E-state index >= 15 is 0 Å². The van der Waals surface area contributed by atoms with Gasteiger partial charge in [0, 0.05) is 31.3 Å². The van der Waals surface area contributed by atoms with E-state index in [1.807, 2.05) is 0 Å². The minimum absolute atomic E-state index is 0.156. The zero-order chi connectivity index (χ0) is 15.6. The third-order valence-electron chi connectivity index (χ3n) is 3.55. The molecule has 0 aliphatic carbocycles. The second kappa shape index (κ2) is 5.55. The van der Waals surface area contributed by atoms with Crippen LogP contribution in [0.4, 0.5) is 5.69 Å². The van der Waals surface area contributed by atoms with E-state index in [0.29, 0.717) is 24.3 Å². The molecule has 6 nitrogen and oxygen atoms in total. The summed E-state index contributed by atoms with van der Waals surface area (Å²) < 4.78 is 0. The van der Waals surface area contributed by atoms with Crippen LogP contribution in [-0.4, -0.2) is 41.2 Å². The number of nitrogens with zero attached hydrogens (tertiary/aromatic N) is 1. The van der Waals surface area contributed by atoms with E-state index in [-0.39, 0.29) is 17.7 Å². The second-order valence-corrected chi connectivity index (χ2v) is 5.53. The van der Waals surface area contributed by atoms with Gasteiger partial charge in [0.15, 0.2) is 0 Å². The first kappa shape index (κ1) is 15.0. The lowest BCUT2D eigenvalue weighted by Crippen LogP contribution is -2.63. The first-order chi connectivity index (χ1) is 9.82. The topological polar surface area (TPSA) is 78.5 Å². The van der Waals surface area contributed by atoms with Crippen LogP contribution >= 0.6 is 0 Å². The average molecular weight is 289 g/mol. The van der Waals surface area contributed by atoms with Crippen LogP contribution in [0.5, 0.6) is 0 Å². The van der Waals surface area contributed by atoms with Gasteiger partial charge in [0.1, 0.15) is 5.54 Å². The number of hydrogen-bond acceptors (Lipinski definition) is 3. The SMILES string of the molecule is CC(=O)Nc1ccc(C(=O)N2CCNC(=O)C2(C)C)cc1. The number of nitrogens with one attached hydrogen (secondary N) is 2. The zero-order valence-corrected chi connectivity index (χ0v) is 12.4. The molecule has 1 aromatic rings. The number of amides is 3. The Kier molecular flexibility index (Phi) is 3.97. The fourth-order valence-electron chi connectivity index (χ4n) is 2.31. The number of carbonyl (C=O) groups excluding carboxylic acids is 3. The molecule has 0 atom stereocenters. The lowest BCUT2D eigenvalue weighted by atomic mass is 9.97. The Morgan fingerprint density at radius 2 is 1.86 bits per heavy atom. The molecule has 1 aliphatic rings. The fraction of sp³-hybridized carbons (Fsp3) is 0.400. The third-order valence-corrected chi connectivity index (χ3v) is 3.55. The normalized spacial score (nSPS) is 17.1. The Labute approximate surface area is 123 Å². The fourth-order valence-corrected chi connectivity index (χ4v) is 2.31. The van der Waals surface area contributed by atoms with Crippen molar-refractivity contribution in [3.05, 3.63) is 29.8 Å². The summed E-state index contributed by atoms with van der Waals surface area (Å²) >= 11 is 0. The lowest BCUT2D eigenvalue weighted by Gasteiger charge is -2.41. The largest absolute Gasteiger partial charge is 0.352 e. The van der Waals surface area contributed by atoms with E-state index in [4.69, 9.17) is 0 Å². The Hall–Kier alpha value is -2.37. The maximum absolute atomic E-state index is 12.6. The second-order valence-electron chi connectivity index (χ2n) is 5.53. The third kappa shape index (κ3) is 3.04. The highest BCUT2D eigenvalue weighted by atomic mass is 16.2. The number of benzene rings is 1. The summed E-state index contributed by atoms with van der Waals surface area (Å²) in [4.78, 5) is 37.0. The van der Waals surface area contributed by atoms with Crippen molar-refractivity contribution in [2.75, 3.05) is 18.4 Å². The molecule has 1 fully saturated rings. The molecule has 0 aromatic heterocycles. The van der Waals surface area contributed by atoms with Crippen molar-refractivity contribution < 1.29 is 14.4 Å². The van der Waals surface area contributed by atoms with Gasteiger partial charge >= 0.3 is 0 Å². The number of anilines is 1. The number of piperazine rings is 1. The van der Waals surface area contributed by atoms with Gasteiger partial charge in [0.25, 0.3) is 5.91 Å². The molecule has 112 valence electrons. The molecule has 1 aliphatic heterocycles. The van der Waals surface area contributed by atoms with Crippen LogP contribution in [0.15, 0.2) is 24.3 Å². The van der Waals surface area contributed by atoms with Crippen LogP contribution in [0.25, 0.3) is 0 Å². The molecule has 1 heterocycles. The van der Waals surface area contributed by atoms with Crippen LogP contribution in [0.1, 0.15) is 31.1 Å². The molecule has 1 saturated heterocycles. The Morgan fingerprint density at radius 3 is 2.43 bits per heavy atom. The lowest BCUT2D eigenvalue weighted by molar-refractivity contribution is -0.133. The van der Waals surface area contributed by atoms with Gasteiger partial charge in [0.2, 0.25) is 11.8 Å². The molecule has 0 radical (unpaired) electrons. The molecule has 21 heavy (non-hydrogen) atoms. The Bertz CT molecular complexity index is 578. The molecule has 0 spiro atoms. The molecule has 3 amide bonds. The highest BCUT2D eigenvalue weighted by Crippen LogP contribution is 2.21. The van der Waals surface area contributed by atoms with E-state index in [9.17, 15) is 14.4 Å². The highest BCUT2D eigenvalue weighted by molar-refractivity contribution is 6.00. The van der Waals surface area contributed by atoms with E-state index < -0.39 is 5.54 Å². The molecule has 0 bridgehead atoms. The van der Waals surface area contributed by atoms with Gasteiger partial charge in [-0.3, -0.25) is 14.4 Å². The Balaban J connectivity index is 2.19. The van der Waals surface area contributed by atoms with E-state index in [1.165, 1.54) is 6.92 Å². The summed E-state index contributed by atoms with van der Waals surface area (Å²) in [6, 6.07) is 6.64. The standard InChI is InChI=1S/C15H19N3O3/c1-10(19)17-12-6-4-11(5-7-12)13(20)18-9-8-16-14(21)15(18,2)3/h4-7H,8-9H2,1-3H3,(H,16,21)(H,17,19). The van der Waals surface area contributed by atoms with Gasteiger partial charge in [-0.2, -0.15) is 0 Å². The average Bonchev–Trinajstić information content (AvgIpc) is 2.41. The van der Waals surface area contributed by atoms with Crippen LogP contribution < -0.4 is 10.6 Å². The smallest absolute Gasteiger partial charge is 0.254 e. The number of carbonyl (C=O) groups is 3. The molecule has 2 rings (SSSR count). The molecule has 0 unspecified atom stereocenters. The molecular weight excluding hydrogens is 270 g/mol. The summed E-state index contributed by atoms with van der Waals surface area (Å²) in [6.45, 7) is 5.81. The van der Waals surface area contributed by atoms with Crippen molar-refractivity contribution in [2.45, 2.75) is 26.3 Å². The van der Waals surface area contributed by atoms with Crippen molar-refractivity contribution in [1.29, 1.82) is 0 Å². The monoisotopic (exact) mass is 289 g/mol. The zero-order valence-electron chi connectivity index (χ0n) is 12.4. The van der Waals surface area contributed by atoms with Crippen molar-refractivity contribution >= 4 is 23.4 Å². The molecule has 2 N–H and O–H groups in total. The van der Waals surface area contributed by atoms with Crippen LogP contribution in [0.2, 0.25) is 0 Å². The maximum atomic E-state index is 12.6. The van der Waals surface area contributed by atoms with Crippen LogP contribution in [-0.2, 0) is 9.59 Å². The molecule has 6 heteroatoms. The van der Waals surface area contributed by atoms with Crippen LogP contribution in [0, 0.1) is 0 Å². The summed E-state index contributed by atoms with van der Waals surface area (Å²) in [6.07, 6.45) is 0. The van der Waals surface area contributed by atoms with Crippen molar-refractivity contribution in [2.24, 2.45) is 0 Å². The van der Waals surface area contributed by atoms with Gasteiger partial charge in [0.05, 0.1) is 0 Å². The molecule has 0 saturated carbocycles. The minimum Gasteiger partial charge on any atom is -0.352 e. The minimum atomic E-state index is -0.869. The highest BCUT2D eigenvalue weighted by Gasteiger charge is 2.40. The maximum Gasteiger partial charge on any atom is 0.254 e. The van der Waals surface area contributed by atoms with Crippen LogP contribution in [0.3, 0.4) is 0 Å². The van der Waals surface area contributed by atoms with E-state index in [2.05, 4.69) is 10.6 Å². The summed E-state index contributed by atoms with van der Waals surface area (Å²) in [5.74, 6) is -0.510. The summed E-state index contributed by atoms with van der Waals surface area (Å²) in [7, 11) is 0. The predicted octanol–water partition coefficient (Wildman–Crippen LogP) is 0.996. The van der Waals surface area contributed by atoms with Crippen molar-refractivity contribution in [1.82, 2.24) is 10.2 Å². The van der Waals surface area contributed by atoms with Gasteiger partial charge < -0.3 is 15.5 Å². The van der Waals surface area contributed by atoms with Crippen molar-refractivity contribution in [3.63, 3.8) is 0 Å². The quantitative estimate of drug-likeness (QED) is 0.852. The predicted molar refractivity (Wildman–Crippen MR) is 78.9 cm³/mol. The molecular formula is C15H19N3O3. The van der Waals surface area contributed by atoms with E-state index in [1.54, 1.807) is 43.0 Å². The van der Waals surface area contributed by atoms with E-state index in [0.717, 1.165) is 0 Å². The summed E-state index contributed by atoms with van der Waals surface area (Å²) in [5.41, 5.74) is 0.257.